The number of nitrogens with zero attached hydrogens (tertiary/aromatic N) is 2. The van der Waals surface area contributed by atoms with Crippen molar-refractivity contribution in [2.45, 2.75) is 25.2 Å². The van der Waals surface area contributed by atoms with Crippen molar-refractivity contribution in [3.8, 4) is 0 Å². The first kappa shape index (κ1) is 16.1. The van der Waals surface area contributed by atoms with Crippen LogP contribution >= 0.6 is 0 Å². The number of rotatable bonds is 1. The molecule has 1 saturated heterocycles. The second kappa shape index (κ2) is 5.67. The number of benzene rings is 2. The van der Waals surface area contributed by atoms with E-state index in [1.54, 1.807) is 6.20 Å². The van der Waals surface area contributed by atoms with Crippen LogP contribution in [0.25, 0.3) is 10.9 Å². The summed E-state index contributed by atoms with van der Waals surface area (Å²) in [5, 5.41) is 10.9. The minimum atomic E-state index is -0.508. The van der Waals surface area contributed by atoms with Crippen molar-refractivity contribution < 1.29 is 9.59 Å². The van der Waals surface area contributed by atoms with Gasteiger partial charge in [-0.15, -0.1) is 0 Å². The van der Waals surface area contributed by atoms with E-state index in [-0.39, 0.29) is 11.8 Å². The third-order valence-corrected chi connectivity index (χ3v) is 6.03. The second-order valence-corrected chi connectivity index (χ2v) is 7.50. The van der Waals surface area contributed by atoms with Crippen molar-refractivity contribution in [2.24, 2.45) is 0 Å². The summed E-state index contributed by atoms with van der Waals surface area (Å²) in [6.07, 6.45) is 3.02. The lowest BCUT2D eigenvalue weighted by molar-refractivity contribution is -0.122. The molecule has 0 radical (unpaired) electrons. The SMILES string of the molecule is Cc1cccc2c1C1(CCN(C(=O)c3ccc4[nH]ncc4c3)CC1)C(=O)N2. The molecule has 5 rings (SSSR count). The number of carbonyl (C=O) groups is 2. The lowest BCUT2D eigenvalue weighted by Crippen LogP contribution is -2.48. The Kier molecular flexibility index (Phi) is 3.37. The molecule has 27 heavy (non-hydrogen) atoms. The lowest BCUT2D eigenvalue weighted by Gasteiger charge is -2.38. The number of nitrogens with one attached hydrogen (secondary N) is 2. The Labute approximate surface area is 156 Å². The molecule has 2 amide bonds. The van der Waals surface area contributed by atoms with Gasteiger partial charge in [0.15, 0.2) is 0 Å². The molecular formula is C21H20N4O2. The van der Waals surface area contributed by atoms with Crippen LogP contribution in [0.15, 0.2) is 42.6 Å². The minimum absolute atomic E-state index is 0.0105. The summed E-state index contributed by atoms with van der Waals surface area (Å²) in [6, 6.07) is 11.6. The number of anilines is 1. The van der Waals surface area contributed by atoms with Gasteiger partial charge in [-0.05, 0) is 55.2 Å². The minimum Gasteiger partial charge on any atom is -0.339 e. The van der Waals surface area contributed by atoms with Gasteiger partial charge in [-0.2, -0.15) is 5.10 Å². The largest absolute Gasteiger partial charge is 0.339 e. The van der Waals surface area contributed by atoms with Gasteiger partial charge >= 0.3 is 0 Å². The van der Waals surface area contributed by atoms with E-state index in [9.17, 15) is 9.59 Å². The van der Waals surface area contributed by atoms with Gasteiger partial charge in [0.2, 0.25) is 5.91 Å². The predicted molar refractivity (Wildman–Crippen MR) is 103 cm³/mol. The van der Waals surface area contributed by atoms with E-state index in [1.165, 1.54) is 0 Å². The van der Waals surface area contributed by atoms with Gasteiger partial charge in [-0.1, -0.05) is 12.1 Å². The molecular weight excluding hydrogens is 340 g/mol. The highest BCUT2D eigenvalue weighted by Gasteiger charge is 2.49. The van der Waals surface area contributed by atoms with E-state index in [1.807, 2.05) is 35.2 Å². The highest BCUT2D eigenvalue weighted by molar-refractivity contribution is 6.07. The van der Waals surface area contributed by atoms with E-state index in [0.717, 1.165) is 27.7 Å². The zero-order valence-electron chi connectivity index (χ0n) is 15.1. The van der Waals surface area contributed by atoms with E-state index in [0.29, 0.717) is 31.5 Å². The molecule has 0 bridgehead atoms. The molecule has 0 saturated carbocycles. The smallest absolute Gasteiger partial charge is 0.253 e. The number of aromatic amines is 1. The number of aryl methyl sites for hydroxylation is 1. The number of H-pyrrole nitrogens is 1. The normalized spacial score (nSPS) is 18.0. The van der Waals surface area contributed by atoms with Crippen LogP contribution in [-0.2, 0) is 10.2 Å². The maximum atomic E-state index is 13.0. The van der Waals surface area contributed by atoms with Crippen LogP contribution in [0.5, 0.6) is 0 Å². The zero-order valence-corrected chi connectivity index (χ0v) is 15.1. The van der Waals surface area contributed by atoms with Crippen molar-refractivity contribution in [2.75, 3.05) is 18.4 Å². The number of likely N-dealkylation sites (tertiary alicyclic amines) is 1. The average Bonchev–Trinajstić information content (AvgIpc) is 3.25. The number of amides is 2. The van der Waals surface area contributed by atoms with Crippen LogP contribution in [0.3, 0.4) is 0 Å². The first-order chi connectivity index (χ1) is 13.1. The number of hydrogen-bond donors (Lipinski definition) is 2. The molecule has 1 spiro atoms. The van der Waals surface area contributed by atoms with Gasteiger partial charge in [0.1, 0.15) is 0 Å². The van der Waals surface area contributed by atoms with Crippen LogP contribution in [0.2, 0.25) is 0 Å². The third kappa shape index (κ3) is 2.29. The van der Waals surface area contributed by atoms with Crippen molar-refractivity contribution >= 4 is 28.4 Å². The molecule has 2 N–H and O–H groups in total. The summed E-state index contributed by atoms with van der Waals surface area (Å²) in [6.45, 7) is 3.20. The number of aromatic nitrogens is 2. The van der Waals surface area contributed by atoms with Gasteiger partial charge in [0.25, 0.3) is 5.91 Å². The Morgan fingerprint density at radius 3 is 2.81 bits per heavy atom. The molecule has 6 heteroatoms. The fourth-order valence-corrected chi connectivity index (χ4v) is 4.59. The maximum absolute atomic E-state index is 13.0. The first-order valence-electron chi connectivity index (χ1n) is 9.22. The molecule has 136 valence electrons. The Morgan fingerprint density at radius 1 is 1.19 bits per heavy atom. The van der Waals surface area contributed by atoms with E-state index in [2.05, 4.69) is 28.5 Å². The summed E-state index contributed by atoms with van der Waals surface area (Å²) < 4.78 is 0. The molecule has 3 aromatic rings. The predicted octanol–water partition coefficient (Wildman–Crippen LogP) is 3.00. The summed E-state index contributed by atoms with van der Waals surface area (Å²) in [5.41, 5.74) is 4.24. The van der Waals surface area contributed by atoms with Crippen LogP contribution in [0.4, 0.5) is 5.69 Å². The van der Waals surface area contributed by atoms with Crippen molar-refractivity contribution in [3.05, 3.63) is 59.3 Å². The van der Waals surface area contributed by atoms with Gasteiger partial charge < -0.3 is 10.2 Å². The Hall–Kier alpha value is -3.15. The molecule has 1 fully saturated rings. The highest BCUT2D eigenvalue weighted by Crippen LogP contribution is 2.46. The summed E-state index contributed by atoms with van der Waals surface area (Å²) in [4.78, 5) is 27.6. The molecule has 6 nitrogen and oxygen atoms in total. The molecule has 2 aromatic carbocycles. The molecule has 0 aliphatic carbocycles. The molecule has 3 heterocycles. The Morgan fingerprint density at radius 2 is 2.00 bits per heavy atom. The topological polar surface area (TPSA) is 78.1 Å². The zero-order chi connectivity index (χ0) is 18.6. The van der Waals surface area contributed by atoms with E-state index >= 15 is 0 Å². The van der Waals surface area contributed by atoms with Crippen molar-refractivity contribution in [1.29, 1.82) is 0 Å². The molecule has 1 aromatic heterocycles. The Balaban J connectivity index is 1.40. The van der Waals surface area contributed by atoms with Gasteiger partial charge in [-0.3, -0.25) is 14.7 Å². The highest BCUT2D eigenvalue weighted by atomic mass is 16.2. The molecule has 0 atom stereocenters. The monoisotopic (exact) mass is 360 g/mol. The number of fused-ring (bicyclic) bond motifs is 3. The van der Waals surface area contributed by atoms with Crippen molar-refractivity contribution in [3.63, 3.8) is 0 Å². The fourth-order valence-electron chi connectivity index (χ4n) is 4.59. The number of hydrogen-bond acceptors (Lipinski definition) is 3. The van der Waals surface area contributed by atoms with Crippen LogP contribution in [0.1, 0.15) is 34.3 Å². The van der Waals surface area contributed by atoms with Crippen LogP contribution < -0.4 is 5.32 Å². The van der Waals surface area contributed by atoms with Gasteiger partial charge in [0.05, 0.1) is 17.1 Å². The quantitative estimate of drug-likeness (QED) is 0.700. The summed E-state index contributed by atoms with van der Waals surface area (Å²) in [7, 11) is 0. The Bertz CT molecular complexity index is 1080. The number of piperidine rings is 1. The summed E-state index contributed by atoms with van der Waals surface area (Å²) >= 11 is 0. The second-order valence-electron chi connectivity index (χ2n) is 7.50. The summed E-state index contributed by atoms with van der Waals surface area (Å²) in [5.74, 6) is 0.0788. The third-order valence-electron chi connectivity index (χ3n) is 6.03. The van der Waals surface area contributed by atoms with Gasteiger partial charge in [-0.25, -0.2) is 0 Å². The molecule has 2 aliphatic heterocycles. The first-order valence-corrected chi connectivity index (χ1v) is 9.22. The van der Waals surface area contributed by atoms with Gasteiger partial charge in [0, 0.05) is 29.7 Å². The molecule has 2 aliphatic rings. The maximum Gasteiger partial charge on any atom is 0.253 e. The average molecular weight is 360 g/mol. The fraction of sp³-hybridized carbons (Fsp3) is 0.286. The number of carbonyl (C=O) groups excluding carboxylic acids is 2. The van der Waals surface area contributed by atoms with Crippen LogP contribution in [0, 0.1) is 6.92 Å². The van der Waals surface area contributed by atoms with Crippen molar-refractivity contribution in [1.82, 2.24) is 15.1 Å². The standard InChI is InChI=1S/C21H20N4O2/c1-13-3-2-4-17-18(13)21(20(27)23-17)7-9-25(10-8-21)19(26)14-5-6-16-15(11-14)12-22-24-16/h2-6,11-12H,7-10H2,1H3,(H,22,24)(H,23,27). The lowest BCUT2D eigenvalue weighted by atomic mass is 9.72. The van der Waals surface area contributed by atoms with E-state index < -0.39 is 5.41 Å². The van der Waals surface area contributed by atoms with Crippen LogP contribution in [-0.4, -0.2) is 40.0 Å². The molecule has 0 unspecified atom stereocenters. The van der Waals surface area contributed by atoms with E-state index in [4.69, 9.17) is 0 Å².